The summed E-state index contributed by atoms with van der Waals surface area (Å²) in [5.74, 6) is 0. The van der Waals surface area contributed by atoms with Crippen LogP contribution in [-0.2, 0) is 4.57 Å². The summed E-state index contributed by atoms with van der Waals surface area (Å²) in [6.07, 6.45) is 0. The molecule has 0 spiro atoms. The molecule has 0 saturated carbocycles. The summed E-state index contributed by atoms with van der Waals surface area (Å²) in [5.41, 5.74) is 0. The van der Waals surface area contributed by atoms with E-state index in [1.165, 1.54) is 0 Å². The van der Waals surface area contributed by atoms with Gasteiger partial charge in [0, 0.05) is 6.92 Å². The molecule has 0 bridgehead atoms. The molecule has 0 heterocycles. The molecule has 0 aliphatic heterocycles. The topological polar surface area (TPSA) is 17.1 Å². The highest BCUT2D eigenvalue weighted by molar-refractivity contribution is 7.77. The Morgan fingerprint density at radius 1 is 2.00 bits per heavy atom. The van der Waals surface area contributed by atoms with Crippen molar-refractivity contribution >= 4 is 18.4 Å². The molecule has 3 heteroatoms. The van der Waals surface area contributed by atoms with Crippen molar-refractivity contribution in [2.24, 2.45) is 0 Å². The summed E-state index contributed by atoms with van der Waals surface area (Å²) in [4.78, 5) is 0. The molecule has 1 unspecified atom stereocenters. The molecule has 1 atom stereocenters. The van der Waals surface area contributed by atoms with Crippen LogP contribution in [0.15, 0.2) is 11.9 Å². The third-order valence-corrected chi connectivity index (χ3v) is 1.77. The lowest BCUT2D eigenvalue weighted by molar-refractivity contribution is 0.599. The maximum Gasteiger partial charge on any atom is 0.488 e. The lowest BCUT2D eigenvalue weighted by Crippen LogP contribution is -1.46. The van der Waals surface area contributed by atoms with E-state index in [4.69, 9.17) is 11.2 Å². The fraction of sp³-hybridized carbons (Fsp3) is 0.333. The second-order valence-electron chi connectivity index (χ2n) is 0.980. The second kappa shape index (κ2) is 2.33. The first-order valence-corrected chi connectivity index (χ1v) is 3.59. The maximum absolute atomic E-state index is 9.96. The largest absolute Gasteiger partial charge is 0.488 e. The molecule has 34 valence electrons. The van der Waals surface area contributed by atoms with Crippen LogP contribution >= 0.6 is 18.4 Å². The lowest BCUT2D eigenvalue weighted by atomic mass is 10.8. The number of rotatable bonds is 1. The van der Waals surface area contributed by atoms with Crippen molar-refractivity contribution in [2.45, 2.75) is 6.92 Å². The van der Waals surface area contributed by atoms with Crippen LogP contribution in [0.3, 0.4) is 0 Å². The first-order valence-electron chi connectivity index (χ1n) is 1.43. The average Bonchev–Trinajstić information content (AvgIpc) is 1.36. The third kappa shape index (κ3) is 2.37. The van der Waals surface area contributed by atoms with Crippen molar-refractivity contribution in [3.63, 3.8) is 0 Å². The van der Waals surface area contributed by atoms with E-state index in [0.717, 1.165) is 0 Å². The Morgan fingerprint density at radius 2 is 2.17 bits per heavy atom. The van der Waals surface area contributed by atoms with Gasteiger partial charge in [0.05, 0.1) is 0 Å². The Hall–Kier alpha value is 0.130. The van der Waals surface area contributed by atoms with E-state index in [9.17, 15) is 4.57 Å². The normalized spacial score (nSPS) is 10.7. The van der Waals surface area contributed by atoms with Gasteiger partial charge in [0.25, 0.3) is 0 Å². The summed E-state index contributed by atoms with van der Waals surface area (Å²) in [6.45, 7) is 4.97. The van der Waals surface area contributed by atoms with Gasteiger partial charge in [0.15, 0.2) is 5.31 Å². The molecule has 0 rings (SSSR count). The maximum atomic E-state index is 9.96. The highest BCUT2D eigenvalue weighted by Crippen LogP contribution is 2.34. The summed E-state index contributed by atoms with van der Waals surface area (Å²) < 4.78 is 9.96. The van der Waals surface area contributed by atoms with Gasteiger partial charge in [0.2, 0.25) is 11.2 Å². The number of hydrogen-bond donors (Lipinski definition) is 0. The van der Waals surface area contributed by atoms with Crippen molar-refractivity contribution in [1.82, 2.24) is 0 Å². The SMILES string of the molecule is C=C(C)[P+](=O)Cl. The zero-order valence-electron chi connectivity index (χ0n) is 3.44. The van der Waals surface area contributed by atoms with Crippen LogP contribution < -0.4 is 0 Å². The van der Waals surface area contributed by atoms with Crippen LogP contribution in [0.25, 0.3) is 0 Å². The van der Waals surface area contributed by atoms with E-state index in [2.05, 4.69) is 6.58 Å². The van der Waals surface area contributed by atoms with E-state index < -0.39 is 7.15 Å². The number of allylic oxidation sites excluding steroid dienone is 1. The molecular weight excluding hydrogens is 118 g/mol. The van der Waals surface area contributed by atoms with Crippen LogP contribution in [-0.4, -0.2) is 0 Å². The van der Waals surface area contributed by atoms with Crippen molar-refractivity contribution < 1.29 is 4.57 Å². The Bertz CT molecular complexity index is 76.8. The average molecular weight is 123 g/mol. The zero-order valence-corrected chi connectivity index (χ0v) is 5.09. The quantitative estimate of drug-likeness (QED) is 0.490. The van der Waals surface area contributed by atoms with Crippen LogP contribution in [0.1, 0.15) is 6.92 Å². The van der Waals surface area contributed by atoms with E-state index in [0.29, 0.717) is 5.31 Å². The molecule has 0 aromatic heterocycles. The van der Waals surface area contributed by atoms with Crippen LogP contribution in [0.5, 0.6) is 0 Å². The Balaban J connectivity index is 3.57. The van der Waals surface area contributed by atoms with Gasteiger partial charge in [-0.05, 0) is 11.1 Å². The Morgan fingerprint density at radius 3 is 2.17 bits per heavy atom. The van der Waals surface area contributed by atoms with Gasteiger partial charge < -0.3 is 0 Å². The summed E-state index contributed by atoms with van der Waals surface area (Å²) in [6, 6.07) is 0. The molecular formula is C3H5ClOP+. The monoisotopic (exact) mass is 123 g/mol. The van der Waals surface area contributed by atoms with Crippen molar-refractivity contribution in [2.75, 3.05) is 0 Å². The summed E-state index contributed by atoms with van der Waals surface area (Å²) in [5, 5.41) is 0.534. The van der Waals surface area contributed by atoms with E-state index in [1.54, 1.807) is 6.92 Å². The number of halogens is 1. The molecule has 0 aliphatic rings. The second-order valence-corrected chi connectivity index (χ2v) is 3.15. The van der Waals surface area contributed by atoms with Gasteiger partial charge in [0.1, 0.15) is 0 Å². The Labute approximate surface area is 42.6 Å². The molecule has 0 saturated heterocycles. The summed E-state index contributed by atoms with van der Waals surface area (Å²) in [7, 11) is -1.63. The van der Waals surface area contributed by atoms with Gasteiger partial charge >= 0.3 is 7.15 Å². The van der Waals surface area contributed by atoms with Crippen molar-refractivity contribution in [3.05, 3.63) is 11.9 Å². The summed E-state index contributed by atoms with van der Waals surface area (Å²) >= 11 is 5.02. The lowest BCUT2D eigenvalue weighted by Gasteiger charge is -1.60. The van der Waals surface area contributed by atoms with E-state index >= 15 is 0 Å². The van der Waals surface area contributed by atoms with Gasteiger partial charge in [-0.1, -0.05) is 0 Å². The third-order valence-electron chi connectivity index (χ3n) is 0.300. The van der Waals surface area contributed by atoms with Gasteiger partial charge in [-0.2, -0.15) is 0 Å². The van der Waals surface area contributed by atoms with Gasteiger partial charge in [-0.3, -0.25) is 0 Å². The van der Waals surface area contributed by atoms with Gasteiger partial charge in [-0.15, -0.1) is 0 Å². The molecule has 0 amide bonds. The smallest absolute Gasteiger partial charge is 0.0483 e. The van der Waals surface area contributed by atoms with Crippen molar-refractivity contribution in [3.8, 4) is 0 Å². The minimum atomic E-state index is -1.63. The first kappa shape index (κ1) is 6.13. The molecule has 0 aromatic rings. The molecule has 0 aliphatic carbocycles. The molecule has 0 N–H and O–H groups in total. The van der Waals surface area contributed by atoms with Gasteiger partial charge in [-0.25, -0.2) is 0 Å². The Kier molecular flexibility index (Phi) is 2.38. The highest BCUT2D eigenvalue weighted by atomic mass is 35.7. The van der Waals surface area contributed by atoms with E-state index in [-0.39, 0.29) is 0 Å². The number of hydrogen-bond acceptors (Lipinski definition) is 1. The minimum absolute atomic E-state index is 0.534. The molecule has 0 radical (unpaired) electrons. The molecule has 6 heavy (non-hydrogen) atoms. The zero-order chi connectivity index (χ0) is 5.15. The fourth-order valence-electron chi connectivity index (χ4n) is 0. The van der Waals surface area contributed by atoms with E-state index in [1.807, 2.05) is 0 Å². The molecule has 0 aromatic carbocycles. The van der Waals surface area contributed by atoms with Crippen LogP contribution in [0.2, 0.25) is 0 Å². The molecule has 1 nitrogen and oxygen atoms in total. The minimum Gasteiger partial charge on any atom is -0.0483 e. The van der Waals surface area contributed by atoms with Crippen LogP contribution in [0.4, 0.5) is 0 Å². The molecule has 0 fully saturated rings. The standard InChI is InChI=1S/C3H5ClOP/c1-3(2)6(4)5/h1H2,2H3/q+1. The van der Waals surface area contributed by atoms with Crippen molar-refractivity contribution in [1.29, 1.82) is 0 Å². The first-order chi connectivity index (χ1) is 2.64. The van der Waals surface area contributed by atoms with Crippen LogP contribution in [0, 0.1) is 0 Å². The highest BCUT2D eigenvalue weighted by Gasteiger charge is 2.09. The predicted octanol–water partition coefficient (Wildman–Crippen LogP) is 2.50. The fourth-order valence-corrected chi connectivity index (χ4v) is 0. The predicted molar refractivity (Wildman–Crippen MR) is 28.3 cm³/mol.